The minimum atomic E-state index is -0.412. The summed E-state index contributed by atoms with van der Waals surface area (Å²) in [6, 6.07) is 16.2. The number of aliphatic imine (C=N–C) groups is 1. The zero-order chi connectivity index (χ0) is 26.6. The van der Waals surface area contributed by atoms with Gasteiger partial charge in [0.25, 0.3) is 11.6 Å². The zero-order valence-corrected chi connectivity index (χ0v) is 22.6. The van der Waals surface area contributed by atoms with Gasteiger partial charge in [0.1, 0.15) is 5.00 Å². The Morgan fingerprint density at radius 3 is 2.55 bits per heavy atom. The number of nitrogens with zero attached hydrogens (tertiary/aromatic N) is 4. The number of aryl methyl sites for hydroxylation is 3. The molecule has 4 aromatic rings. The molecule has 192 valence electrons. The SMILES string of the molecule is Cc1cc(C)nc(Sc2ccc(/C=N/c3sc4c(c3C(=O)Nc3ccccc3)CCCC4)cc2[N+](=O)[O-])n1. The smallest absolute Gasteiger partial charge is 0.283 e. The lowest BCUT2D eigenvalue weighted by Gasteiger charge is -2.12. The summed E-state index contributed by atoms with van der Waals surface area (Å²) in [6.45, 7) is 3.73. The molecule has 38 heavy (non-hydrogen) atoms. The van der Waals surface area contributed by atoms with E-state index < -0.39 is 4.92 Å². The quantitative estimate of drug-likeness (QED) is 0.115. The molecule has 1 N–H and O–H groups in total. The van der Waals surface area contributed by atoms with Crippen molar-refractivity contribution in [2.45, 2.75) is 49.6 Å². The Morgan fingerprint density at radius 2 is 1.82 bits per heavy atom. The number of amides is 1. The minimum absolute atomic E-state index is 0.0470. The Hall–Kier alpha value is -3.89. The zero-order valence-electron chi connectivity index (χ0n) is 20.9. The molecule has 2 aromatic carbocycles. The number of carbonyl (C=O) groups excluding carboxylic acids is 1. The highest BCUT2D eigenvalue weighted by atomic mass is 32.2. The molecule has 5 rings (SSSR count). The fourth-order valence-electron chi connectivity index (χ4n) is 4.41. The molecule has 2 aromatic heterocycles. The molecule has 10 heteroatoms. The van der Waals surface area contributed by atoms with Crippen LogP contribution in [0.3, 0.4) is 0 Å². The van der Waals surface area contributed by atoms with Gasteiger partial charge in [-0.2, -0.15) is 0 Å². The molecule has 0 spiro atoms. The van der Waals surface area contributed by atoms with Crippen LogP contribution in [0.1, 0.15) is 50.6 Å². The summed E-state index contributed by atoms with van der Waals surface area (Å²) in [7, 11) is 0. The monoisotopic (exact) mass is 543 g/mol. The number of nitrogens with one attached hydrogen (secondary N) is 1. The predicted molar refractivity (Wildman–Crippen MR) is 151 cm³/mol. The molecule has 0 radical (unpaired) electrons. The lowest BCUT2D eigenvalue weighted by atomic mass is 9.95. The molecular formula is C28H25N5O3S2. The fourth-order valence-corrected chi connectivity index (χ4v) is 6.59. The van der Waals surface area contributed by atoms with Crippen molar-refractivity contribution in [3.63, 3.8) is 0 Å². The predicted octanol–water partition coefficient (Wildman–Crippen LogP) is 7.10. The van der Waals surface area contributed by atoms with Crippen LogP contribution >= 0.6 is 23.1 Å². The van der Waals surface area contributed by atoms with Gasteiger partial charge in [-0.25, -0.2) is 15.0 Å². The molecule has 2 heterocycles. The van der Waals surface area contributed by atoms with Crippen LogP contribution in [0.5, 0.6) is 0 Å². The number of para-hydroxylation sites is 1. The second-order valence-corrected chi connectivity index (χ2v) is 11.1. The van der Waals surface area contributed by atoms with Gasteiger partial charge >= 0.3 is 0 Å². The first-order chi connectivity index (χ1) is 18.4. The van der Waals surface area contributed by atoms with Crippen molar-refractivity contribution in [3.8, 4) is 0 Å². The molecule has 1 aliphatic rings. The summed E-state index contributed by atoms with van der Waals surface area (Å²) < 4.78 is 0. The summed E-state index contributed by atoms with van der Waals surface area (Å²) in [5.41, 5.74) is 4.51. The van der Waals surface area contributed by atoms with Crippen LogP contribution < -0.4 is 5.32 Å². The fraction of sp³-hybridized carbons (Fsp3) is 0.214. The number of thiophene rings is 1. The number of fused-ring (bicyclic) bond motifs is 1. The Bertz CT molecular complexity index is 1530. The van der Waals surface area contributed by atoms with Crippen molar-refractivity contribution < 1.29 is 9.72 Å². The number of anilines is 1. The van der Waals surface area contributed by atoms with Crippen LogP contribution in [0.4, 0.5) is 16.4 Å². The maximum Gasteiger partial charge on any atom is 0.283 e. The Morgan fingerprint density at radius 1 is 1.08 bits per heavy atom. The van der Waals surface area contributed by atoms with E-state index >= 15 is 0 Å². The first kappa shape index (κ1) is 25.7. The van der Waals surface area contributed by atoms with Gasteiger partial charge in [0.2, 0.25) is 0 Å². The number of rotatable bonds is 7. The number of carbonyl (C=O) groups is 1. The van der Waals surface area contributed by atoms with E-state index in [1.165, 1.54) is 22.3 Å². The van der Waals surface area contributed by atoms with Gasteiger partial charge in [-0.3, -0.25) is 14.9 Å². The lowest BCUT2D eigenvalue weighted by molar-refractivity contribution is -0.387. The summed E-state index contributed by atoms with van der Waals surface area (Å²) in [4.78, 5) is 39.8. The second kappa shape index (κ2) is 11.2. The number of benzene rings is 2. The van der Waals surface area contributed by atoms with E-state index in [1.807, 2.05) is 50.2 Å². The number of aromatic nitrogens is 2. The third-order valence-corrected chi connectivity index (χ3v) is 8.22. The third-order valence-electron chi connectivity index (χ3n) is 6.09. The van der Waals surface area contributed by atoms with Gasteiger partial charge < -0.3 is 5.32 Å². The van der Waals surface area contributed by atoms with Gasteiger partial charge in [-0.05, 0) is 86.7 Å². The molecule has 0 saturated carbocycles. The lowest BCUT2D eigenvalue weighted by Crippen LogP contribution is -2.14. The van der Waals surface area contributed by atoms with Crippen LogP contribution in [0.25, 0.3) is 0 Å². The number of nitro benzene ring substituents is 1. The van der Waals surface area contributed by atoms with Crippen LogP contribution in [-0.4, -0.2) is 27.0 Å². The van der Waals surface area contributed by atoms with Crippen molar-refractivity contribution in [3.05, 3.63) is 97.7 Å². The number of nitro groups is 1. The molecule has 8 nitrogen and oxygen atoms in total. The number of hydrogen-bond donors (Lipinski definition) is 1. The highest BCUT2D eigenvalue weighted by Crippen LogP contribution is 2.40. The van der Waals surface area contributed by atoms with Crippen molar-refractivity contribution >= 4 is 51.6 Å². The van der Waals surface area contributed by atoms with E-state index in [9.17, 15) is 14.9 Å². The standard InChI is InChI=1S/C28H25N5O3S2/c1-17-14-18(2)31-28(30-17)38-24-13-12-19(15-22(24)33(35)36)16-29-27-25(21-10-6-7-11-23(21)37-27)26(34)32-20-8-4-3-5-9-20/h3-5,8-9,12-16H,6-7,10-11H2,1-2H3,(H,32,34)/b29-16+. The van der Waals surface area contributed by atoms with E-state index in [1.54, 1.807) is 18.3 Å². The average molecular weight is 544 g/mol. The Labute approximate surface area is 228 Å². The van der Waals surface area contributed by atoms with Crippen molar-refractivity contribution in [2.75, 3.05) is 5.32 Å². The number of hydrogen-bond acceptors (Lipinski definition) is 8. The van der Waals surface area contributed by atoms with Gasteiger partial charge in [0.15, 0.2) is 5.16 Å². The molecule has 0 saturated heterocycles. The van der Waals surface area contributed by atoms with Crippen molar-refractivity contribution in [2.24, 2.45) is 4.99 Å². The van der Waals surface area contributed by atoms with Crippen molar-refractivity contribution in [1.29, 1.82) is 0 Å². The normalized spacial score (nSPS) is 12.9. The molecule has 0 fully saturated rings. The van der Waals surface area contributed by atoms with E-state index in [2.05, 4.69) is 20.3 Å². The van der Waals surface area contributed by atoms with Gasteiger partial charge in [0, 0.05) is 34.2 Å². The van der Waals surface area contributed by atoms with Gasteiger partial charge in [-0.15, -0.1) is 11.3 Å². The first-order valence-corrected chi connectivity index (χ1v) is 13.8. The molecule has 0 atom stereocenters. The molecule has 1 amide bonds. The average Bonchev–Trinajstić information content (AvgIpc) is 3.26. The molecular weight excluding hydrogens is 518 g/mol. The highest BCUT2D eigenvalue weighted by molar-refractivity contribution is 7.99. The van der Waals surface area contributed by atoms with Crippen LogP contribution in [0.2, 0.25) is 0 Å². The van der Waals surface area contributed by atoms with Gasteiger partial charge in [0.05, 0.1) is 15.4 Å². The molecule has 1 aliphatic carbocycles. The largest absolute Gasteiger partial charge is 0.322 e. The third kappa shape index (κ3) is 5.81. The summed E-state index contributed by atoms with van der Waals surface area (Å²) in [5, 5.41) is 15.9. The maximum absolute atomic E-state index is 13.3. The van der Waals surface area contributed by atoms with Crippen LogP contribution in [0, 0.1) is 24.0 Å². The second-order valence-electron chi connectivity index (χ2n) is 8.99. The summed E-state index contributed by atoms with van der Waals surface area (Å²) >= 11 is 2.69. The maximum atomic E-state index is 13.3. The summed E-state index contributed by atoms with van der Waals surface area (Å²) in [6.07, 6.45) is 5.49. The minimum Gasteiger partial charge on any atom is -0.322 e. The molecule has 0 unspecified atom stereocenters. The van der Waals surface area contributed by atoms with E-state index in [-0.39, 0.29) is 11.6 Å². The van der Waals surface area contributed by atoms with E-state index in [0.717, 1.165) is 60.1 Å². The Balaban J connectivity index is 1.45. The Kier molecular flexibility index (Phi) is 7.62. The molecule has 0 bridgehead atoms. The first-order valence-electron chi connectivity index (χ1n) is 12.2. The highest BCUT2D eigenvalue weighted by Gasteiger charge is 2.25. The van der Waals surface area contributed by atoms with Crippen LogP contribution in [-0.2, 0) is 12.8 Å². The summed E-state index contributed by atoms with van der Waals surface area (Å²) in [5.74, 6) is -0.186. The van der Waals surface area contributed by atoms with Crippen LogP contribution in [0.15, 0.2) is 69.6 Å². The topological polar surface area (TPSA) is 110 Å². The molecule has 0 aliphatic heterocycles. The van der Waals surface area contributed by atoms with E-state index in [4.69, 9.17) is 0 Å². The van der Waals surface area contributed by atoms with E-state index in [0.29, 0.717) is 26.2 Å². The van der Waals surface area contributed by atoms with Crippen molar-refractivity contribution in [1.82, 2.24) is 9.97 Å². The van der Waals surface area contributed by atoms with Gasteiger partial charge in [-0.1, -0.05) is 24.3 Å².